The molecule has 2 rings (SSSR count). The number of halogens is 2. The molecule has 0 radical (unpaired) electrons. The van der Waals surface area contributed by atoms with Gasteiger partial charge >= 0.3 is 0 Å². The van der Waals surface area contributed by atoms with Crippen LogP contribution in [0.4, 0.5) is 0 Å². The first-order valence-corrected chi connectivity index (χ1v) is 11.6. The summed E-state index contributed by atoms with van der Waals surface area (Å²) in [7, 11) is 0. The third-order valence-corrected chi connectivity index (χ3v) is 6.01. The van der Waals surface area contributed by atoms with Crippen molar-refractivity contribution in [2.45, 2.75) is 51.7 Å². The van der Waals surface area contributed by atoms with Gasteiger partial charge in [-0.1, -0.05) is 47.5 Å². The van der Waals surface area contributed by atoms with Crippen molar-refractivity contribution in [3.8, 4) is 5.88 Å². The smallest absolute Gasteiger partial charge is 0.263 e. The first-order chi connectivity index (χ1) is 14.6. The minimum absolute atomic E-state index is 0.104. The first-order valence-electron chi connectivity index (χ1n) is 9.91. The Balaban J connectivity index is 2.13. The minimum atomic E-state index is -1.10. The fraction of sp³-hybridized carbons (Fsp3) is 0.333. The van der Waals surface area contributed by atoms with Crippen LogP contribution in [0, 0.1) is 0 Å². The van der Waals surface area contributed by atoms with Crippen LogP contribution in [0.1, 0.15) is 45.6 Å². The molecule has 2 atom stereocenters. The van der Waals surface area contributed by atoms with E-state index in [0.29, 0.717) is 15.9 Å². The van der Waals surface area contributed by atoms with Crippen molar-refractivity contribution < 1.29 is 9.53 Å². The summed E-state index contributed by atoms with van der Waals surface area (Å²) in [5.74, 6) is 0.233. The summed E-state index contributed by atoms with van der Waals surface area (Å²) in [5.41, 5.74) is 1.24. The monoisotopic (exact) mass is 478 g/mol. The summed E-state index contributed by atoms with van der Waals surface area (Å²) >= 11 is 13.5. The molecule has 2 aromatic rings. The SMILES string of the molecule is C=C/C(Cl)=C\C=C(/C)CC(c1ccsc1)C(C)NC(=O)C(C)(C)Oc1ccc(Cl)cn1. The second-order valence-corrected chi connectivity index (χ2v) is 9.48. The van der Waals surface area contributed by atoms with Crippen LogP contribution < -0.4 is 10.1 Å². The van der Waals surface area contributed by atoms with Crippen LogP contribution in [0.25, 0.3) is 0 Å². The van der Waals surface area contributed by atoms with Gasteiger partial charge in [-0.05, 0) is 68.6 Å². The van der Waals surface area contributed by atoms with Gasteiger partial charge in [0.2, 0.25) is 5.88 Å². The predicted octanol–water partition coefficient (Wildman–Crippen LogP) is 6.89. The summed E-state index contributed by atoms with van der Waals surface area (Å²) < 4.78 is 5.83. The highest BCUT2D eigenvalue weighted by molar-refractivity contribution is 7.08. The van der Waals surface area contributed by atoms with Crippen molar-refractivity contribution in [1.29, 1.82) is 0 Å². The highest BCUT2D eigenvalue weighted by atomic mass is 35.5. The number of nitrogens with one attached hydrogen (secondary N) is 1. The highest BCUT2D eigenvalue weighted by Gasteiger charge is 2.33. The summed E-state index contributed by atoms with van der Waals surface area (Å²) in [6.45, 7) is 11.2. The Hall–Kier alpha value is -2.08. The maximum atomic E-state index is 13.0. The van der Waals surface area contributed by atoms with Gasteiger partial charge in [0, 0.05) is 29.3 Å². The molecule has 31 heavy (non-hydrogen) atoms. The topological polar surface area (TPSA) is 51.2 Å². The predicted molar refractivity (Wildman–Crippen MR) is 131 cm³/mol. The van der Waals surface area contributed by atoms with Crippen LogP contribution in [0.3, 0.4) is 0 Å². The second kappa shape index (κ2) is 11.5. The van der Waals surface area contributed by atoms with E-state index in [1.165, 1.54) is 11.8 Å². The Morgan fingerprint density at radius 1 is 1.35 bits per heavy atom. The van der Waals surface area contributed by atoms with Crippen LogP contribution in [0.2, 0.25) is 5.02 Å². The number of aromatic nitrogens is 1. The van der Waals surface area contributed by atoms with E-state index in [9.17, 15) is 4.79 Å². The third kappa shape index (κ3) is 7.84. The van der Waals surface area contributed by atoms with E-state index in [2.05, 4.69) is 35.2 Å². The fourth-order valence-electron chi connectivity index (χ4n) is 2.99. The van der Waals surface area contributed by atoms with E-state index in [-0.39, 0.29) is 17.9 Å². The summed E-state index contributed by atoms with van der Waals surface area (Å²) in [4.78, 5) is 17.1. The lowest BCUT2D eigenvalue weighted by Crippen LogP contribution is -2.50. The van der Waals surface area contributed by atoms with Gasteiger partial charge < -0.3 is 10.1 Å². The number of carbonyl (C=O) groups excluding carboxylic acids is 1. The van der Waals surface area contributed by atoms with Crippen molar-refractivity contribution >= 4 is 40.4 Å². The van der Waals surface area contributed by atoms with E-state index in [4.69, 9.17) is 27.9 Å². The van der Waals surface area contributed by atoms with E-state index >= 15 is 0 Å². The maximum Gasteiger partial charge on any atom is 0.263 e. The molecule has 166 valence electrons. The van der Waals surface area contributed by atoms with Crippen molar-refractivity contribution in [3.05, 3.63) is 81.2 Å². The largest absolute Gasteiger partial charge is 0.462 e. The van der Waals surface area contributed by atoms with E-state index in [1.807, 2.05) is 24.5 Å². The maximum absolute atomic E-state index is 13.0. The first kappa shape index (κ1) is 25.2. The lowest BCUT2D eigenvalue weighted by atomic mass is 9.88. The van der Waals surface area contributed by atoms with Crippen molar-refractivity contribution in [1.82, 2.24) is 10.3 Å². The van der Waals surface area contributed by atoms with Gasteiger partial charge in [0.25, 0.3) is 5.91 Å². The molecule has 2 unspecified atom stereocenters. The lowest BCUT2D eigenvalue weighted by Gasteiger charge is -2.30. The van der Waals surface area contributed by atoms with Crippen LogP contribution in [-0.2, 0) is 4.79 Å². The Morgan fingerprint density at radius 2 is 2.10 bits per heavy atom. The molecule has 2 heterocycles. The number of amides is 1. The van der Waals surface area contributed by atoms with Gasteiger partial charge in [0.1, 0.15) is 0 Å². The summed E-state index contributed by atoms with van der Waals surface area (Å²) in [6, 6.07) is 5.29. The van der Waals surface area contributed by atoms with Crippen LogP contribution in [-0.4, -0.2) is 22.5 Å². The number of thiophene rings is 1. The molecular weight excluding hydrogens is 451 g/mol. The quantitative estimate of drug-likeness (QED) is 0.378. The Morgan fingerprint density at radius 3 is 2.68 bits per heavy atom. The zero-order chi connectivity index (χ0) is 23.0. The van der Waals surface area contributed by atoms with Crippen LogP contribution >= 0.6 is 34.5 Å². The number of ether oxygens (including phenoxy) is 1. The Labute approximate surface area is 198 Å². The number of hydrogen-bond acceptors (Lipinski definition) is 4. The number of hydrogen-bond donors (Lipinski definition) is 1. The normalized spacial score (nSPS) is 14.6. The highest BCUT2D eigenvalue weighted by Crippen LogP contribution is 2.29. The molecule has 0 aromatic carbocycles. The summed E-state index contributed by atoms with van der Waals surface area (Å²) in [5, 5.41) is 8.38. The molecule has 7 heteroatoms. The van der Waals surface area contributed by atoms with Crippen LogP contribution in [0.5, 0.6) is 5.88 Å². The number of carbonyl (C=O) groups is 1. The molecular formula is C24H28Cl2N2O2S. The Bertz CT molecular complexity index is 935. The molecule has 0 saturated heterocycles. The molecule has 0 aliphatic heterocycles. The van der Waals surface area contributed by atoms with Gasteiger partial charge in [0.05, 0.1) is 5.02 Å². The fourth-order valence-corrected chi connectivity index (χ4v) is 3.89. The molecule has 4 nitrogen and oxygen atoms in total. The Kier molecular flexibility index (Phi) is 9.35. The zero-order valence-electron chi connectivity index (χ0n) is 18.2. The molecule has 0 fully saturated rings. The second-order valence-electron chi connectivity index (χ2n) is 7.83. The number of rotatable bonds is 10. The third-order valence-electron chi connectivity index (χ3n) is 4.80. The number of allylic oxidation sites excluding steroid dienone is 5. The van der Waals surface area contributed by atoms with E-state index in [1.54, 1.807) is 43.4 Å². The standard InChI is InChI=1S/C24H28Cl2N2O2S/c1-6-19(25)8-7-16(2)13-21(18-11-12-31-15-18)17(3)28-23(29)24(4,5)30-22-10-9-20(26)14-27-22/h6-12,14-15,17,21H,1,13H2,2-5H3,(H,28,29)/b16-7+,19-8+. The molecule has 0 bridgehead atoms. The van der Waals surface area contributed by atoms with Crippen molar-refractivity contribution in [2.75, 3.05) is 0 Å². The van der Waals surface area contributed by atoms with Gasteiger partial charge in [0.15, 0.2) is 5.60 Å². The van der Waals surface area contributed by atoms with Crippen molar-refractivity contribution in [2.24, 2.45) is 0 Å². The molecule has 0 aliphatic carbocycles. The number of pyridine rings is 1. The number of nitrogens with zero attached hydrogens (tertiary/aromatic N) is 1. The molecule has 1 amide bonds. The molecule has 0 aliphatic rings. The van der Waals surface area contributed by atoms with Gasteiger partial charge in [-0.15, -0.1) is 0 Å². The molecule has 0 saturated carbocycles. The van der Waals surface area contributed by atoms with E-state index < -0.39 is 5.60 Å². The lowest BCUT2D eigenvalue weighted by molar-refractivity contribution is -0.135. The molecule has 1 N–H and O–H groups in total. The van der Waals surface area contributed by atoms with E-state index in [0.717, 1.165) is 12.0 Å². The van der Waals surface area contributed by atoms with Gasteiger partial charge in [-0.25, -0.2) is 4.98 Å². The van der Waals surface area contributed by atoms with Gasteiger partial charge in [-0.2, -0.15) is 11.3 Å². The van der Waals surface area contributed by atoms with Crippen LogP contribution in [0.15, 0.2) is 70.6 Å². The van der Waals surface area contributed by atoms with Gasteiger partial charge in [-0.3, -0.25) is 4.79 Å². The average Bonchev–Trinajstić information content (AvgIpc) is 3.26. The zero-order valence-corrected chi connectivity index (χ0v) is 20.5. The average molecular weight is 479 g/mol. The minimum Gasteiger partial charge on any atom is -0.462 e. The van der Waals surface area contributed by atoms with Crippen molar-refractivity contribution in [3.63, 3.8) is 0 Å². The summed E-state index contributed by atoms with van der Waals surface area (Å²) in [6.07, 6.45) is 7.67. The molecule has 2 aromatic heterocycles. The molecule has 0 spiro atoms.